The molecule has 6 rings (SSSR count). The summed E-state index contributed by atoms with van der Waals surface area (Å²) in [4.78, 5) is 19.0. The van der Waals surface area contributed by atoms with Crippen molar-refractivity contribution in [3.63, 3.8) is 0 Å². The molecular weight excluding hydrogens is 414 g/mol. The summed E-state index contributed by atoms with van der Waals surface area (Å²) in [7, 11) is 0. The summed E-state index contributed by atoms with van der Waals surface area (Å²) in [5.74, 6) is 1.41. The van der Waals surface area contributed by atoms with Gasteiger partial charge in [0.2, 0.25) is 5.95 Å². The molecule has 0 saturated carbocycles. The molecule has 1 aliphatic rings. The number of hydrogen-bond donors (Lipinski definition) is 0. The van der Waals surface area contributed by atoms with Gasteiger partial charge in [0.1, 0.15) is 17.7 Å². The average molecular weight is 435 g/mol. The Bertz CT molecular complexity index is 1540. The third-order valence-electron chi connectivity index (χ3n) is 6.25. The van der Waals surface area contributed by atoms with Gasteiger partial charge in [-0.2, -0.15) is 10.2 Å². The van der Waals surface area contributed by atoms with Crippen LogP contribution in [0, 0.1) is 18.3 Å². The van der Waals surface area contributed by atoms with Crippen LogP contribution in [0.1, 0.15) is 30.0 Å². The highest BCUT2D eigenvalue weighted by atomic mass is 16.5. The van der Waals surface area contributed by atoms with Crippen molar-refractivity contribution in [1.82, 2.24) is 29.1 Å². The highest BCUT2D eigenvalue weighted by Crippen LogP contribution is 2.33. The van der Waals surface area contributed by atoms with Crippen LogP contribution < -0.4 is 0 Å². The number of ether oxygens (including phenoxy) is 1. The Kier molecular flexibility index (Phi) is 4.63. The zero-order valence-corrected chi connectivity index (χ0v) is 18.1. The first-order valence-electron chi connectivity index (χ1n) is 11.0. The van der Waals surface area contributed by atoms with E-state index in [0.717, 1.165) is 59.6 Å². The molecule has 33 heavy (non-hydrogen) atoms. The predicted octanol–water partition coefficient (Wildman–Crippen LogP) is 4.36. The Morgan fingerprint density at radius 1 is 1.03 bits per heavy atom. The van der Waals surface area contributed by atoms with E-state index in [1.54, 1.807) is 18.6 Å². The van der Waals surface area contributed by atoms with Crippen LogP contribution >= 0.6 is 0 Å². The van der Waals surface area contributed by atoms with Gasteiger partial charge >= 0.3 is 0 Å². The van der Waals surface area contributed by atoms with Crippen molar-refractivity contribution >= 4 is 22.2 Å². The zero-order valence-electron chi connectivity index (χ0n) is 18.1. The van der Waals surface area contributed by atoms with E-state index in [4.69, 9.17) is 14.7 Å². The Hall–Kier alpha value is -4.09. The van der Waals surface area contributed by atoms with E-state index in [1.165, 1.54) is 5.56 Å². The fourth-order valence-electron chi connectivity index (χ4n) is 4.54. The van der Waals surface area contributed by atoms with Crippen molar-refractivity contribution in [3.05, 3.63) is 66.1 Å². The van der Waals surface area contributed by atoms with E-state index in [1.807, 2.05) is 28.8 Å². The third-order valence-corrected chi connectivity index (χ3v) is 6.25. The number of benzene rings is 2. The van der Waals surface area contributed by atoms with Crippen LogP contribution in [0.3, 0.4) is 0 Å². The first-order valence-corrected chi connectivity index (χ1v) is 11.0. The number of nitrogens with zero attached hydrogens (tertiary/aromatic N) is 7. The molecule has 8 heteroatoms. The van der Waals surface area contributed by atoms with Crippen LogP contribution in [0.4, 0.5) is 0 Å². The molecule has 8 nitrogen and oxygen atoms in total. The number of rotatable bonds is 3. The minimum atomic E-state index is 0.242. The second-order valence-corrected chi connectivity index (χ2v) is 8.27. The van der Waals surface area contributed by atoms with Gasteiger partial charge in [0.05, 0.1) is 28.9 Å². The molecule has 0 radical (unpaired) electrons. The van der Waals surface area contributed by atoms with E-state index in [0.29, 0.717) is 11.5 Å². The normalized spacial score (nSPS) is 14.7. The Morgan fingerprint density at radius 3 is 2.70 bits per heavy atom. The lowest BCUT2D eigenvalue weighted by atomic mass is 10.1. The van der Waals surface area contributed by atoms with Crippen LogP contribution in [0.25, 0.3) is 39.5 Å². The molecule has 1 saturated heterocycles. The van der Waals surface area contributed by atoms with Crippen molar-refractivity contribution in [2.24, 2.45) is 0 Å². The summed E-state index contributed by atoms with van der Waals surface area (Å²) >= 11 is 0. The fraction of sp³-hybridized carbons (Fsp3) is 0.240. The molecule has 1 fully saturated rings. The minimum Gasteiger partial charge on any atom is -0.381 e. The van der Waals surface area contributed by atoms with Gasteiger partial charge in [0, 0.05) is 24.8 Å². The highest BCUT2D eigenvalue weighted by Gasteiger charge is 2.25. The van der Waals surface area contributed by atoms with Gasteiger partial charge in [-0.3, -0.25) is 4.57 Å². The van der Waals surface area contributed by atoms with Crippen LogP contribution in [0.15, 0.2) is 55.0 Å². The summed E-state index contributed by atoms with van der Waals surface area (Å²) in [6, 6.07) is 16.1. The van der Waals surface area contributed by atoms with Crippen molar-refractivity contribution in [2.75, 3.05) is 13.2 Å². The van der Waals surface area contributed by atoms with Crippen LogP contribution in [0.5, 0.6) is 0 Å². The minimum absolute atomic E-state index is 0.242. The standard InChI is InChI=1S/C25H21N7O/c1-16-4-2-3-5-19(16)23-29-21-14-27-25(30-24(21)32(23)18-8-10-33-11-9-18)31-15-28-20-7-6-17(13-26)12-22(20)31/h2-7,12,14-15,18H,8-11H2,1H3. The third kappa shape index (κ3) is 3.25. The van der Waals surface area contributed by atoms with E-state index >= 15 is 0 Å². The van der Waals surface area contributed by atoms with Gasteiger partial charge in [0.25, 0.3) is 0 Å². The van der Waals surface area contributed by atoms with Gasteiger partial charge in [-0.05, 0) is 43.5 Å². The molecule has 0 bridgehead atoms. The molecule has 0 amide bonds. The molecule has 2 aromatic carbocycles. The molecule has 0 N–H and O–H groups in total. The first-order chi connectivity index (χ1) is 16.2. The second kappa shape index (κ2) is 7.80. The lowest BCUT2D eigenvalue weighted by Gasteiger charge is -2.25. The maximum absolute atomic E-state index is 9.32. The SMILES string of the molecule is Cc1ccccc1-c1nc2cnc(-n3cnc4ccc(C#N)cc43)nc2n1C1CCOCC1. The van der Waals surface area contributed by atoms with Crippen LogP contribution in [-0.2, 0) is 4.74 Å². The molecule has 3 aromatic heterocycles. The highest BCUT2D eigenvalue weighted by molar-refractivity contribution is 5.80. The van der Waals surface area contributed by atoms with Gasteiger partial charge < -0.3 is 9.30 Å². The quantitative estimate of drug-likeness (QED) is 0.418. The lowest BCUT2D eigenvalue weighted by Crippen LogP contribution is -2.21. The number of aryl methyl sites for hydroxylation is 1. The van der Waals surface area contributed by atoms with Crippen LogP contribution in [-0.4, -0.2) is 42.3 Å². The van der Waals surface area contributed by atoms with Gasteiger partial charge in [-0.1, -0.05) is 24.3 Å². The number of imidazole rings is 2. The van der Waals surface area contributed by atoms with Gasteiger partial charge in [-0.25, -0.2) is 15.0 Å². The molecule has 0 spiro atoms. The van der Waals surface area contributed by atoms with Crippen LogP contribution in [0.2, 0.25) is 0 Å². The average Bonchev–Trinajstić information content (AvgIpc) is 3.45. The molecule has 4 heterocycles. The number of fused-ring (bicyclic) bond motifs is 2. The number of hydrogen-bond acceptors (Lipinski definition) is 6. The molecule has 1 aliphatic heterocycles. The monoisotopic (exact) mass is 435 g/mol. The number of nitriles is 1. The van der Waals surface area contributed by atoms with Gasteiger partial charge in [0.15, 0.2) is 5.65 Å². The molecule has 0 aliphatic carbocycles. The predicted molar refractivity (Wildman–Crippen MR) is 124 cm³/mol. The largest absolute Gasteiger partial charge is 0.381 e. The first kappa shape index (κ1) is 19.6. The van der Waals surface area contributed by atoms with Crippen molar-refractivity contribution in [1.29, 1.82) is 5.26 Å². The van der Waals surface area contributed by atoms with E-state index in [9.17, 15) is 5.26 Å². The molecule has 0 atom stereocenters. The smallest absolute Gasteiger partial charge is 0.237 e. The van der Waals surface area contributed by atoms with Crippen molar-refractivity contribution in [3.8, 4) is 23.4 Å². The Labute approximate surface area is 190 Å². The summed E-state index contributed by atoms with van der Waals surface area (Å²) in [6.07, 6.45) is 5.28. The summed E-state index contributed by atoms with van der Waals surface area (Å²) in [5, 5.41) is 9.32. The fourth-order valence-corrected chi connectivity index (χ4v) is 4.54. The zero-order chi connectivity index (χ0) is 22.4. The van der Waals surface area contributed by atoms with E-state index in [-0.39, 0.29) is 6.04 Å². The molecule has 0 unspecified atom stereocenters. The van der Waals surface area contributed by atoms with E-state index in [2.05, 4.69) is 39.7 Å². The van der Waals surface area contributed by atoms with Gasteiger partial charge in [-0.15, -0.1) is 0 Å². The molecule has 162 valence electrons. The Morgan fingerprint density at radius 2 is 1.88 bits per heavy atom. The summed E-state index contributed by atoms with van der Waals surface area (Å²) in [5.41, 5.74) is 5.96. The molecule has 5 aromatic rings. The topological polar surface area (TPSA) is 94.4 Å². The van der Waals surface area contributed by atoms with Crippen molar-refractivity contribution in [2.45, 2.75) is 25.8 Å². The lowest BCUT2D eigenvalue weighted by molar-refractivity contribution is 0.0708. The second-order valence-electron chi connectivity index (χ2n) is 8.27. The van der Waals surface area contributed by atoms with E-state index < -0.39 is 0 Å². The maximum atomic E-state index is 9.32. The summed E-state index contributed by atoms with van der Waals surface area (Å²) in [6.45, 7) is 3.54. The Balaban J connectivity index is 1.58. The summed E-state index contributed by atoms with van der Waals surface area (Å²) < 4.78 is 9.71. The number of aromatic nitrogens is 6. The maximum Gasteiger partial charge on any atom is 0.237 e. The van der Waals surface area contributed by atoms with Crippen molar-refractivity contribution < 1.29 is 4.74 Å². The molecular formula is C25H21N7O.